The van der Waals surface area contributed by atoms with Gasteiger partial charge in [0.1, 0.15) is 5.82 Å². The van der Waals surface area contributed by atoms with Crippen LogP contribution in [0.15, 0.2) is 24.3 Å². The third-order valence-electron chi connectivity index (χ3n) is 2.74. The maximum atomic E-state index is 13.0. The molecule has 0 amide bonds. The lowest BCUT2D eigenvalue weighted by Crippen LogP contribution is -2.50. The Hall–Kier alpha value is -0.930. The van der Waals surface area contributed by atoms with Crippen molar-refractivity contribution in [3.05, 3.63) is 35.6 Å². The fourth-order valence-electron chi connectivity index (χ4n) is 1.73. The second kappa shape index (κ2) is 5.97. The van der Waals surface area contributed by atoms with E-state index in [9.17, 15) is 4.39 Å². The molecule has 2 nitrogen and oxygen atoms in total. The van der Waals surface area contributed by atoms with Crippen LogP contribution in [-0.4, -0.2) is 18.6 Å². The molecule has 90 valence electrons. The number of benzene rings is 1. The lowest BCUT2D eigenvalue weighted by molar-refractivity contribution is 0.362. The van der Waals surface area contributed by atoms with Gasteiger partial charge in [-0.1, -0.05) is 19.1 Å². The Bertz CT molecular complexity index is 327. The zero-order valence-electron chi connectivity index (χ0n) is 10.1. The van der Waals surface area contributed by atoms with Crippen LogP contribution in [0.3, 0.4) is 0 Å². The van der Waals surface area contributed by atoms with Gasteiger partial charge in [0.2, 0.25) is 0 Å². The van der Waals surface area contributed by atoms with E-state index in [1.54, 1.807) is 12.1 Å². The van der Waals surface area contributed by atoms with Crippen molar-refractivity contribution in [1.82, 2.24) is 5.32 Å². The Morgan fingerprint density at radius 1 is 1.44 bits per heavy atom. The topological polar surface area (TPSA) is 38.0 Å². The highest BCUT2D eigenvalue weighted by atomic mass is 19.1. The van der Waals surface area contributed by atoms with Gasteiger partial charge < -0.3 is 11.1 Å². The summed E-state index contributed by atoms with van der Waals surface area (Å²) in [5.74, 6) is -0.188. The van der Waals surface area contributed by atoms with Gasteiger partial charge in [-0.3, -0.25) is 0 Å². The zero-order chi connectivity index (χ0) is 12.0. The zero-order valence-corrected chi connectivity index (χ0v) is 10.1. The predicted octanol–water partition coefficient (Wildman–Crippen LogP) is 2.09. The lowest BCUT2D eigenvalue weighted by Gasteiger charge is -2.29. The van der Waals surface area contributed by atoms with E-state index in [4.69, 9.17) is 5.73 Å². The molecule has 0 bridgehead atoms. The summed E-state index contributed by atoms with van der Waals surface area (Å²) in [6.07, 6.45) is 1.82. The van der Waals surface area contributed by atoms with Gasteiger partial charge in [0, 0.05) is 12.1 Å². The molecular weight excluding hydrogens is 203 g/mol. The molecule has 0 heterocycles. The van der Waals surface area contributed by atoms with Gasteiger partial charge in [-0.05, 0) is 44.0 Å². The quantitative estimate of drug-likeness (QED) is 0.776. The number of hydrogen-bond donors (Lipinski definition) is 2. The molecule has 1 aromatic rings. The van der Waals surface area contributed by atoms with Crippen LogP contribution in [0.4, 0.5) is 4.39 Å². The van der Waals surface area contributed by atoms with Gasteiger partial charge in [0.15, 0.2) is 0 Å². The van der Waals surface area contributed by atoms with Crippen molar-refractivity contribution in [3.63, 3.8) is 0 Å². The monoisotopic (exact) mass is 224 g/mol. The van der Waals surface area contributed by atoms with Gasteiger partial charge in [0.25, 0.3) is 0 Å². The molecule has 1 aromatic carbocycles. The van der Waals surface area contributed by atoms with Gasteiger partial charge in [-0.25, -0.2) is 4.39 Å². The van der Waals surface area contributed by atoms with Crippen LogP contribution in [0.5, 0.6) is 0 Å². The molecule has 0 saturated carbocycles. The van der Waals surface area contributed by atoms with Crippen LogP contribution < -0.4 is 11.1 Å². The molecule has 0 fully saturated rings. The Kier molecular flexibility index (Phi) is 4.90. The molecule has 3 N–H and O–H groups in total. The Morgan fingerprint density at radius 2 is 2.19 bits per heavy atom. The summed E-state index contributed by atoms with van der Waals surface area (Å²) in [4.78, 5) is 0. The smallest absolute Gasteiger partial charge is 0.123 e. The molecule has 1 rings (SSSR count). The lowest BCUT2D eigenvalue weighted by atomic mass is 9.92. The third-order valence-corrected chi connectivity index (χ3v) is 2.74. The minimum atomic E-state index is -0.188. The average Bonchev–Trinajstić information content (AvgIpc) is 2.26. The summed E-state index contributed by atoms with van der Waals surface area (Å²) in [6, 6.07) is 6.70. The Labute approximate surface area is 97.0 Å². The molecule has 0 spiro atoms. The van der Waals surface area contributed by atoms with E-state index in [1.807, 2.05) is 6.07 Å². The van der Waals surface area contributed by atoms with Crippen LogP contribution >= 0.6 is 0 Å². The summed E-state index contributed by atoms with van der Waals surface area (Å²) < 4.78 is 13.0. The number of rotatable bonds is 6. The van der Waals surface area contributed by atoms with E-state index in [0.717, 1.165) is 24.9 Å². The van der Waals surface area contributed by atoms with Gasteiger partial charge >= 0.3 is 0 Å². The number of nitrogens with one attached hydrogen (secondary N) is 1. The van der Waals surface area contributed by atoms with E-state index >= 15 is 0 Å². The van der Waals surface area contributed by atoms with E-state index < -0.39 is 0 Å². The maximum absolute atomic E-state index is 13.0. The highest BCUT2D eigenvalue weighted by Crippen LogP contribution is 2.13. The van der Waals surface area contributed by atoms with Crippen molar-refractivity contribution in [2.24, 2.45) is 5.73 Å². The second-order valence-corrected chi connectivity index (χ2v) is 4.50. The maximum Gasteiger partial charge on any atom is 0.123 e. The SMILES string of the molecule is CCCNC(C)(CN)Cc1cccc(F)c1. The number of hydrogen-bond acceptors (Lipinski definition) is 2. The van der Waals surface area contributed by atoms with Crippen molar-refractivity contribution >= 4 is 0 Å². The Balaban J connectivity index is 2.68. The van der Waals surface area contributed by atoms with Crippen LogP contribution in [0.25, 0.3) is 0 Å². The van der Waals surface area contributed by atoms with Crippen LogP contribution in [0.1, 0.15) is 25.8 Å². The molecule has 0 aromatic heterocycles. The van der Waals surface area contributed by atoms with E-state index in [-0.39, 0.29) is 11.4 Å². The van der Waals surface area contributed by atoms with Crippen molar-refractivity contribution in [2.75, 3.05) is 13.1 Å². The van der Waals surface area contributed by atoms with Gasteiger partial charge in [-0.2, -0.15) is 0 Å². The van der Waals surface area contributed by atoms with Crippen LogP contribution in [0, 0.1) is 5.82 Å². The highest BCUT2D eigenvalue weighted by Gasteiger charge is 2.21. The summed E-state index contributed by atoms with van der Waals surface area (Å²) in [7, 11) is 0. The average molecular weight is 224 g/mol. The molecular formula is C13H21FN2. The van der Waals surface area contributed by atoms with Crippen LogP contribution in [-0.2, 0) is 6.42 Å². The molecule has 1 unspecified atom stereocenters. The van der Waals surface area contributed by atoms with Crippen LogP contribution in [0.2, 0.25) is 0 Å². The summed E-state index contributed by atoms with van der Waals surface area (Å²) >= 11 is 0. The molecule has 0 saturated heterocycles. The summed E-state index contributed by atoms with van der Waals surface area (Å²) in [6.45, 7) is 5.67. The first-order valence-electron chi connectivity index (χ1n) is 5.79. The Morgan fingerprint density at radius 3 is 2.75 bits per heavy atom. The summed E-state index contributed by atoms with van der Waals surface area (Å²) in [5, 5.41) is 3.42. The molecule has 0 radical (unpaired) electrons. The van der Waals surface area contributed by atoms with Crippen molar-refractivity contribution < 1.29 is 4.39 Å². The fourth-order valence-corrected chi connectivity index (χ4v) is 1.73. The van der Waals surface area contributed by atoms with Crippen molar-refractivity contribution in [2.45, 2.75) is 32.2 Å². The van der Waals surface area contributed by atoms with E-state index in [0.29, 0.717) is 6.54 Å². The number of halogens is 1. The first-order valence-corrected chi connectivity index (χ1v) is 5.79. The minimum absolute atomic E-state index is 0.149. The normalized spacial score (nSPS) is 14.8. The first-order chi connectivity index (χ1) is 7.59. The van der Waals surface area contributed by atoms with E-state index in [1.165, 1.54) is 6.07 Å². The molecule has 0 aliphatic heterocycles. The van der Waals surface area contributed by atoms with Crippen molar-refractivity contribution in [1.29, 1.82) is 0 Å². The third kappa shape index (κ3) is 3.91. The van der Waals surface area contributed by atoms with Crippen molar-refractivity contribution in [3.8, 4) is 0 Å². The fraction of sp³-hybridized carbons (Fsp3) is 0.538. The van der Waals surface area contributed by atoms with Gasteiger partial charge in [-0.15, -0.1) is 0 Å². The molecule has 0 aliphatic rings. The molecule has 16 heavy (non-hydrogen) atoms. The predicted molar refractivity (Wildman–Crippen MR) is 65.9 cm³/mol. The largest absolute Gasteiger partial charge is 0.329 e. The molecule has 3 heteroatoms. The summed E-state index contributed by atoms with van der Waals surface area (Å²) in [5.41, 5.74) is 6.61. The first kappa shape index (κ1) is 13.1. The highest BCUT2D eigenvalue weighted by molar-refractivity contribution is 5.19. The van der Waals surface area contributed by atoms with E-state index in [2.05, 4.69) is 19.2 Å². The minimum Gasteiger partial charge on any atom is -0.329 e. The number of nitrogens with two attached hydrogens (primary N) is 1. The second-order valence-electron chi connectivity index (χ2n) is 4.50. The standard InChI is InChI=1S/C13H21FN2/c1-3-7-16-13(2,10-15)9-11-5-4-6-12(14)8-11/h4-6,8,16H,3,7,9-10,15H2,1-2H3. The molecule has 0 aliphatic carbocycles. The van der Waals surface area contributed by atoms with Gasteiger partial charge in [0.05, 0.1) is 0 Å². The molecule has 1 atom stereocenters.